The molecule has 0 saturated carbocycles. The van der Waals surface area contributed by atoms with Gasteiger partial charge in [-0.15, -0.1) is 0 Å². The number of hydrogen-bond donors (Lipinski definition) is 0. The summed E-state index contributed by atoms with van der Waals surface area (Å²) in [4.78, 5) is 6.64. The number of morpholine rings is 1. The summed E-state index contributed by atoms with van der Waals surface area (Å²) in [6.45, 7) is 6.06. The monoisotopic (exact) mass is 222 g/mol. The van der Waals surface area contributed by atoms with Gasteiger partial charge in [-0.25, -0.2) is 0 Å². The molecule has 1 saturated heterocycles. The molecule has 1 aliphatic rings. The first kappa shape index (κ1) is 11.5. The lowest BCUT2D eigenvalue weighted by Gasteiger charge is -2.33. The van der Waals surface area contributed by atoms with E-state index in [0.29, 0.717) is 6.61 Å². The van der Waals surface area contributed by atoms with Crippen LogP contribution < -0.4 is 0 Å². The summed E-state index contributed by atoms with van der Waals surface area (Å²) in [5.74, 6) is 0. The van der Waals surface area contributed by atoms with Crippen LogP contribution in [0, 0.1) is 0 Å². The van der Waals surface area contributed by atoms with E-state index in [2.05, 4.69) is 9.88 Å². The van der Waals surface area contributed by atoms with Crippen LogP contribution in [-0.2, 0) is 9.47 Å². The van der Waals surface area contributed by atoms with Gasteiger partial charge in [0.2, 0.25) is 0 Å². The zero-order chi connectivity index (χ0) is 11.2. The van der Waals surface area contributed by atoms with Gasteiger partial charge in [0.25, 0.3) is 0 Å². The fourth-order valence-electron chi connectivity index (χ4n) is 1.87. The molecule has 2 heterocycles. The average molecular weight is 222 g/mol. The van der Waals surface area contributed by atoms with Crippen molar-refractivity contribution in [1.29, 1.82) is 0 Å². The first-order valence-corrected chi connectivity index (χ1v) is 5.76. The van der Waals surface area contributed by atoms with Gasteiger partial charge in [-0.05, 0) is 19.1 Å². The molecular formula is C12H18N2O2. The molecule has 1 aromatic rings. The van der Waals surface area contributed by atoms with Crippen molar-refractivity contribution in [3.63, 3.8) is 0 Å². The van der Waals surface area contributed by atoms with Crippen LogP contribution in [0.4, 0.5) is 0 Å². The summed E-state index contributed by atoms with van der Waals surface area (Å²) in [6.07, 6.45) is 1.78. The van der Waals surface area contributed by atoms with Gasteiger partial charge >= 0.3 is 0 Å². The highest BCUT2D eigenvalue weighted by atomic mass is 16.5. The Morgan fingerprint density at radius 3 is 2.88 bits per heavy atom. The minimum atomic E-state index is -0.0323. The van der Waals surface area contributed by atoms with Crippen molar-refractivity contribution in [1.82, 2.24) is 9.88 Å². The van der Waals surface area contributed by atoms with Crippen molar-refractivity contribution in [3.8, 4) is 0 Å². The molecule has 1 unspecified atom stereocenters. The Morgan fingerprint density at radius 2 is 2.25 bits per heavy atom. The van der Waals surface area contributed by atoms with E-state index >= 15 is 0 Å². The Kier molecular flexibility index (Phi) is 4.27. The maximum absolute atomic E-state index is 5.78. The highest BCUT2D eigenvalue weighted by Gasteiger charge is 2.23. The Bertz CT molecular complexity index is 299. The maximum Gasteiger partial charge on any atom is 0.153 e. The standard InChI is InChI=1S/C12H18N2O2/c1-2-16-12(11-5-3-4-6-13-11)14-7-9-15-10-8-14/h3-6,12H,2,7-10H2,1H3. The Morgan fingerprint density at radius 1 is 1.44 bits per heavy atom. The number of rotatable bonds is 4. The fraction of sp³-hybridized carbons (Fsp3) is 0.583. The number of aromatic nitrogens is 1. The molecule has 88 valence electrons. The Hall–Kier alpha value is -0.970. The molecule has 0 aliphatic carbocycles. The van der Waals surface area contributed by atoms with Crippen molar-refractivity contribution >= 4 is 0 Å². The van der Waals surface area contributed by atoms with Crippen LogP contribution in [0.1, 0.15) is 18.8 Å². The van der Waals surface area contributed by atoms with E-state index in [0.717, 1.165) is 32.0 Å². The summed E-state index contributed by atoms with van der Waals surface area (Å²) in [5.41, 5.74) is 0.978. The van der Waals surface area contributed by atoms with E-state index in [-0.39, 0.29) is 6.23 Å². The van der Waals surface area contributed by atoms with Crippen LogP contribution in [0.25, 0.3) is 0 Å². The number of ether oxygens (including phenoxy) is 2. The van der Waals surface area contributed by atoms with Gasteiger partial charge in [-0.1, -0.05) is 6.07 Å². The molecule has 0 amide bonds. The molecule has 0 aromatic carbocycles. The van der Waals surface area contributed by atoms with Crippen molar-refractivity contribution < 1.29 is 9.47 Å². The van der Waals surface area contributed by atoms with Gasteiger partial charge in [-0.2, -0.15) is 0 Å². The van der Waals surface area contributed by atoms with E-state index in [1.807, 2.05) is 31.3 Å². The zero-order valence-electron chi connectivity index (χ0n) is 9.63. The molecule has 1 atom stereocenters. The lowest BCUT2D eigenvalue weighted by Crippen LogP contribution is -2.40. The molecule has 4 heteroatoms. The molecule has 1 aliphatic heterocycles. The molecule has 4 nitrogen and oxygen atoms in total. The third-order valence-corrected chi connectivity index (χ3v) is 2.64. The quantitative estimate of drug-likeness (QED) is 0.772. The SMILES string of the molecule is CCOC(c1ccccn1)N1CCOCC1. The summed E-state index contributed by atoms with van der Waals surface area (Å²) in [7, 11) is 0. The summed E-state index contributed by atoms with van der Waals surface area (Å²) >= 11 is 0. The molecule has 0 radical (unpaired) electrons. The van der Waals surface area contributed by atoms with Gasteiger partial charge in [0.1, 0.15) is 0 Å². The van der Waals surface area contributed by atoms with Crippen LogP contribution in [0.3, 0.4) is 0 Å². The predicted octanol–water partition coefficient (Wildman–Crippen LogP) is 1.45. The third kappa shape index (κ3) is 2.78. The van der Waals surface area contributed by atoms with Crippen LogP contribution in [-0.4, -0.2) is 42.8 Å². The zero-order valence-corrected chi connectivity index (χ0v) is 9.63. The van der Waals surface area contributed by atoms with Gasteiger partial charge in [0, 0.05) is 25.9 Å². The first-order valence-electron chi connectivity index (χ1n) is 5.76. The topological polar surface area (TPSA) is 34.6 Å². The lowest BCUT2D eigenvalue weighted by atomic mass is 10.2. The molecule has 0 bridgehead atoms. The van der Waals surface area contributed by atoms with Crippen molar-refractivity contribution in [3.05, 3.63) is 30.1 Å². The molecule has 1 fully saturated rings. The van der Waals surface area contributed by atoms with Crippen LogP contribution in [0.5, 0.6) is 0 Å². The minimum Gasteiger partial charge on any atom is -0.379 e. The van der Waals surface area contributed by atoms with Crippen LogP contribution >= 0.6 is 0 Å². The molecule has 0 spiro atoms. The van der Waals surface area contributed by atoms with Crippen molar-refractivity contribution in [2.24, 2.45) is 0 Å². The predicted molar refractivity (Wildman–Crippen MR) is 61.0 cm³/mol. The van der Waals surface area contributed by atoms with E-state index < -0.39 is 0 Å². The number of pyridine rings is 1. The average Bonchev–Trinajstić information content (AvgIpc) is 2.38. The lowest BCUT2D eigenvalue weighted by molar-refractivity contribution is -0.0977. The van der Waals surface area contributed by atoms with E-state index in [4.69, 9.17) is 9.47 Å². The van der Waals surface area contributed by atoms with Crippen molar-refractivity contribution in [2.75, 3.05) is 32.9 Å². The molecule has 16 heavy (non-hydrogen) atoms. The minimum absolute atomic E-state index is 0.0323. The fourth-order valence-corrected chi connectivity index (χ4v) is 1.87. The second-order valence-corrected chi connectivity index (χ2v) is 3.71. The number of hydrogen-bond acceptors (Lipinski definition) is 4. The second-order valence-electron chi connectivity index (χ2n) is 3.71. The van der Waals surface area contributed by atoms with E-state index in [1.54, 1.807) is 0 Å². The Balaban J connectivity index is 2.09. The van der Waals surface area contributed by atoms with Crippen molar-refractivity contribution in [2.45, 2.75) is 13.2 Å². The van der Waals surface area contributed by atoms with Gasteiger partial charge in [0.15, 0.2) is 6.23 Å². The molecular weight excluding hydrogens is 204 g/mol. The largest absolute Gasteiger partial charge is 0.379 e. The summed E-state index contributed by atoms with van der Waals surface area (Å²) < 4.78 is 11.1. The maximum atomic E-state index is 5.78. The van der Waals surface area contributed by atoms with Crippen LogP contribution in [0.15, 0.2) is 24.4 Å². The highest BCUT2D eigenvalue weighted by molar-refractivity contribution is 5.06. The molecule has 2 rings (SSSR count). The van der Waals surface area contributed by atoms with Gasteiger partial charge < -0.3 is 9.47 Å². The van der Waals surface area contributed by atoms with Gasteiger partial charge in [-0.3, -0.25) is 9.88 Å². The van der Waals surface area contributed by atoms with Gasteiger partial charge in [0.05, 0.1) is 18.9 Å². The summed E-state index contributed by atoms with van der Waals surface area (Å²) in [6, 6.07) is 5.93. The molecule has 0 N–H and O–H groups in total. The molecule has 1 aromatic heterocycles. The number of nitrogens with zero attached hydrogens (tertiary/aromatic N) is 2. The smallest absolute Gasteiger partial charge is 0.153 e. The van der Waals surface area contributed by atoms with E-state index in [1.165, 1.54) is 0 Å². The van der Waals surface area contributed by atoms with Crippen LogP contribution in [0.2, 0.25) is 0 Å². The normalized spacial score (nSPS) is 19.6. The second kappa shape index (κ2) is 5.94. The highest BCUT2D eigenvalue weighted by Crippen LogP contribution is 2.20. The summed E-state index contributed by atoms with van der Waals surface area (Å²) in [5, 5.41) is 0. The third-order valence-electron chi connectivity index (χ3n) is 2.64. The first-order chi connectivity index (χ1) is 7.92. The Labute approximate surface area is 96.2 Å². The van der Waals surface area contributed by atoms with E-state index in [9.17, 15) is 0 Å².